The Kier molecular flexibility index (Phi) is 7.48. The fourth-order valence-corrected chi connectivity index (χ4v) is 5.03. The number of carbonyl (C=O) groups excluding carboxylic acids is 1. The molecule has 3 aromatic heterocycles. The highest BCUT2D eigenvalue weighted by molar-refractivity contribution is 5.84. The van der Waals surface area contributed by atoms with E-state index in [9.17, 15) is 18.4 Å². The number of aromatic nitrogens is 5. The van der Waals surface area contributed by atoms with Gasteiger partial charge in [0.2, 0.25) is 11.9 Å². The number of hydrogen-bond donors (Lipinski definition) is 1. The minimum absolute atomic E-state index is 0.0425. The lowest BCUT2D eigenvalue weighted by Gasteiger charge is -2.39. The van der Waals surface area contributed by atoms with Crippen molar-refractivity contribution in [1.29, 1.82) is 0 Å². The van der Waals surface area contributed by atoms with Crippen molar-refractivity contribution in [3.63, 3.8) is 0 Å². The summed E-state index contributed by atoms with van der Waals surface area (Å²) in [5, 5.41) is 9.64. The zero-order valence-electron chi connectivity index (χ0n) is 22.3. The van der Waals surface area contributed by atoms with Gasteiger partial charge in [-0.3, -0.25) is 23.9 Å². The standard InChI is InChI=1S/C27H29F2N7O4/c1-16-4-7-23(40-26(28)29)21(32-16)14-36-22-10-18(5-6-20(22)25(39)33(36)3)19-11-30-27(31-12-19)34-8-9-35(17(2)13-34)24(38)15-37/h4-7,10-12,17,26,37H,8-9,13-15H2,1-3H3. The Hall–Kier alpha value is -4.39. The smallest absolute Gasteiger partial charge is 0.387 e. The summed E-state index contributed by atoms with van der Waals surface area (Å²) in [5.41, 5.74) is 2.77. The zero-order chi connectivity index (χ0) is 28.6. The van der Waals surface area contributed by atoms with Crippen molar-refractivity contribution >= 4 is 22.8 Å². The third-order valence-corrected chi connectivity index (χ3v) is 7.09. The number of nitrogens with zero attached hydrogens (tertiary/aromatic N) is 7. The van der Waals surface area contributed by atoms with Crippen LogP contribution >= 0.6 is 0 Å². The number of alkyl halides is 2. The van der Waals surface area contributed by atoms with Crippen LogP contribution in [-0.4, -0.2) is 79.1 Å². The third kappa shape index (κ3) is 5.24. The predicted molar refractivity (Wildman–Crippen MR) is 143 cm³/mol. The Morgan fingerprint density at radius 2 is 1.90 bits per heavy atom. The van der Waals surface area contributed by atoms with E-state index in [1.54, 1.807) is 48.1 Å². The molecule has 1 atom stereocenters. The summed E-state index contributed by atoms with van der Waals surface area (Å²) in [5.74, 6) is 0.182. The van der Waals surface area contributed by atoms with Gasteiger partial charge >= 0.3 is 6.61 Å². The number of carbonyl (C=O) groups is 1. The first-order valence-corrected chi connectivity index (χ1v) is 12.7. The van der Waals surface area contributed by atoms with Crippen LogP contribution in [0, 0.1) is 6.92 Å². The van der Waals surface area contributed by atoms with Gasteiger partial charge in [-0.2, -0.15) is 8.78 Å². The fourth-order valence-electron chi connectivity index (χ4n) is 5.03. The molecule has 1 aliphatic rings. The average molecular weight is 554 g/mol. The van der Waals surface area contributed by atoms with Crippen molar-refractivity contribution < 1.29 is 23.4 Å². The molecule has 1 unspecified atom stereocenters. The average Bonchev–Trinajstić information content (AvgIpc) is 3.18. The van der Waals surface area contributed by atoms with Gasteiger partial charge in [0.25, 0.3) is 5.56 Å². The van der Waals surface area contributed by atoms with Gasteiger partial charge in [-0.25, -0.2) is 9.97 Å². The number of fused-ring (bicyclic) bond motifs is 1. The monoisotopic (exact) mass is 553 g/mol. The van der Waals surface area contributed by atoms with Gasteiger partial charge in [0.1, 0.15) is 18.1 Å². The lowest BCUT2D eigenvalue weighted by atomic mass is 10.1. The Morgan fingerprint density at radius 1 is 1.15 bits per heavy atom. The number of pyridine rings is 1. The first kappa shape index (κ1) is 27.2. The summed E-state index contributed by atoms with van der Waals surface area (Å²) in [6.07, 6.45) is 3.39. The Bertz CT molecular complexity index is 1600. The molecule has 11 nitrogen and oxygen atoms in total. The van der Waals surface area contributed by atoms with Crippen LogP contribution in [0.5, 0.6) is 5.75 Å². The van der Waals surface area contributed by atoms with Crippen molar-refractivity contribution in [2.75, 3.05) is 31.1 Å². The molecular weight excluding hydrogens is 524 g/mol. The number of amides is 1. The largest absolute Gasteiger partial charge is 0.433 e. The molecule has 0 bridgehead atoms. The van der Waals surface area contributed by atoms with E-state index in [4.69, 9.17) is 5.11 Å². The first-order valence-electron chi connectivity index (χ1n) is 12.7. The van der Waals surface area contributed by atoms with Crippen molar-refractivity contribution in [3.05, 3.63) is 64.5 Å². The molecule has 1 aliphatic heterocycles. The minimum atomic E-state index is -3.00. The van der Waals surface area contributed by atoms with Crippen LogP contribution in [0.15, 0.2) is 47.5 Å². The number of piperazine rings is 1. The molecule has 1 N–H and O–H groups in total. The number of halogens is 2. The lowest BCUT2D eigenvalue weighted by molar-refractivity contribution is -0.136. The minimum Gasteiger partial charge on any atom is -0.433 e. The highest BCUT2D eigenvalue weighted by Gasteiger charge is 2.28. The number of benzene rings is 1. The second-order valence-corrected chi connectivity index (χ2v) is 9.71. The summed E-state index contributed by atoms with van der Waals surface area (Å²) in [7, 11) is 1.61. The van der Waals surface area contributed by atoms with E-state index in [2.05, 4.69) is 19.7 Å². The van der Waals surface area contributed by atoms with Crippen molar-refractivity contribution in [3.8, 4) is 16.9 Å². The molecule has 1 amide bonds. The van der Waals surface area contributed by atoms with E-state index in [1.165, 1.54) is 10.7 Å². The number of rotatable bonds is 7. The molecule has 4 heterocycles. The van der Waals surface area contributed by atoms with E-state index >= 15 is 0 Å². The Morgan fingerprint density at radius 3 is 2.58 bits per heavy atom. The summed E-state index contributed by atoms with van der Waals surface area (Å²) >= 11 is 0. The molecule has 210 valence electrons. The summed E-state index contributed by atoms with van der Waals surface area (Å²) in [4.78, 5) is 41.9. The maximum absolute atomic E-state index is 13.0. The molecule has 1 saturated heterocycles. The van der Waals surface area contributed by atoms with Gasteiger partial charge in [0, 0.05) is 56.4 Å². The van der Waals surface area contributed by atoms with Crippen molar-refractivity contribution in [1.82, 2.24) is 29.2 Å². The molecule has 5 rings (SSSR count). The third-order valence-electron chi connectivity index (χ3n) is 7.09. The van der Waals surface area contributed by atoms with Gasteiger partial charge in [0.15, 0.2) is 0 Å². The van der Waals surface area contributed by atoms with Crippen LogP contribution in [-0.2, 0) is 18.4 Å². The highest BCUT2D eigenvalue weighted by atomic mass is 19.3. The van der Waals surface area contributed by atoms with Crippen LogP contribution in [0.4, 0.5) is 14.7 Å². The fraction of sp³-hybridized carbons (Fsp3) is 0.370. The lowest BCUT2D eigenvalue weighted by Crippen LogP contribution is -2.55. The zero-order valence-corrected chi connectivity index (χ0v) is 22.3. The number of ether oxygens (including phenoxy) is 1. The van der Waals surface area contributed by atoms with Gasteiger partial charge in [0.05, 0.1) is 17.4 Å². The second-order valence-electron chi connectivity index (χ2n) is 9.71. The topological polar surface area (TPSA) is 119 Å². The molecule has 4 aromatic rings. The molecular formula is C27H29F2N7O4. The van der Waals surface area contributed by atoms with Crippen molar-refractivity contribution in [2.45, 2.75) is 33.0 Å². The number of hydrogen-bond acceptors (Lipinski definition) is 8. The SMILES string of the molecule is Cc1ccc(OC(F)F)c(Cn2c3cc(-c4cnc(N5CCN(C(=O)CO)C(C)C5)nc4)ccc3c(=O)n2C)n1. The highest BCUT2D eigenvalue weighted by Crippen LogP contribution is 2.26. The van der Waals surface area contributed by atoms with E-state index < -0.39 is 13.2 Å². The molecule has 1 aromatic carbocycles. The molecule has 0 aliphatic carbocycles. The molecule has 40 heavy (non-hydrogen) atoms. The molecule has 0 spiro atoms. The number of aliphatic hydroxyl groups is 1. The van der Waals surface area contributed by atoms with Crippen LogP contribution in [0.2, 0.25) is 0 Å². The quantitative estimate of drug-likeness (QED) is 0.370. The number of aryl methyl sites for hydroxylation is 1. The first-order chi connectivity index (χ1) is 19.2. The maximum atomic E-state index is 13.0. The van der Waals surface area contributed by atoms with Crippen LogP contribution in [0.3, 0.4) is 0 Å². The normalized spacial score (nSPS) is 15.7. The molecule has 0 saturated carbocycles. The van der Waals surface area contributed by atoms with Gasteiger partial charge < -0.3 is 19.6 Å². The van der Waals surface area contributed by atoms with Crippen LogP contribution < -0.4 is 15.2 Å². The van der Waals surface area contributed by atoms with Gasteiger partial charge in [-0.15, -0.1) is 0 Å². The van der Waals surface area contributed by atoms with Gasteiger partial charge in [-0.1, -0.05) is 6.07 Å². The summed E-state index contributed by atoms with van der Waals surface area (Å²) < 4.78 is 33.8. The van der Waals surface area contributed by atoms with E-state index in [0.717, 1.165) is 11.1 Å². The molecule has 0 radical (unpaired) electrons. The maximum Gasteiger partial charge on any atom is 0.387 e. The molecule has 1 fully saturated rings. The van der Waals surface area contributed by atoms with E-state index in [0.29, 0.717) is 42.2 Å². The van der Waals surface area contributed by atoms with E-state index in [-0.39, 0.29) is 35.5 Å². The van der Waals surface area contributed by atoms with Crippen LogP contribution in [0.1, 0.15) is 18.3 Å². The number of aliphatic hydroxyl groups excluding tert-OH is 1. The van der Waals surface area contributed by atoms with E-state index in [1.807, 2.05) is 24.0 Å². The summed E-state index contributed by atoms with van der Waals surface area (Å²) in [6.45, 7) is 1.74. The molecule has 13 heteroatoms. The van der Waals surface area contributed by atoms with Crippen LogP contribution in [0.25, 0.3) is 22.0 Å². The Balaban J connectivity index is 1.43. The predicted octanol–water partition coefficient (Wildman–Crippen LogP) is 2.18. The second kappa shape index (κ2) is 11.0. The number of anilines is 1. The Labute approximate surface area is 228 Å². The van der Waals surface area contributed by atoms with Crippen molar-refractivity contribution in [2.24, 2.45) is 7.05 Å². The summed E-state index contributed by atoms with van der Waals surface area (Å²) in [6, 6.07) is 8.30. The van der Waals surface area contributed by atoms with Gasteiger partial charge in [-0.05, 0) is 43.7 Å².